The molecule has 6 nitrogen and oxygen atoms in total. The molecule has 0 aliphatic carbocycles. The topological polar surface area (TPSA) is 73.2 Å². The van der Waals surface area contributed by atoms with E-state index in [0.29, 0.717) is 28.0 Å². The molecule has 1 aromatic heterocycles. The van der Waals surface area contributed by atoms with Crippen molar-refractivity contribution in [2.75, 3.05) is 11.9 Å². The normalized spacial score (nSPS) is 10.6. The number of aromatic nitrogens is 2. The molecule has 0 bridgehead atoms. The maximum Gasteiger partial charge on any atom is 0.343 e. The molecule has 3 rings (SSSR count). The van der Waals surface area contributed by atoms with Crippen LogP contribution in [0.2, 0.25) is 15.2 Å². The first kappa shape index (κ1) is 21.2. The Morgan fingerprint density at radius 1 is 1.10 bits per heavy atom. The Labute approximate surface area is 182 Å². The number of nitrogens with one attached hydrogen (secondary N) is 1. The summed E-state index contributed by atoms with van der Waals surface area (Å²) < 4.78 is 6.60. The standard InChI is InChI=1S/C20H16Cl3N3O3/c1-12-18(19(23)26(25-12)10-13-5-3-2-4-6-13)20(28)29-11-17(27)24-16-9-14(21)7-8-15(16)22/h2-9H,10-11H2,1H3,(H,24,27). The Balaban J connectivity index is 1.65. The number of carbonyl (C=O) groups excluding carboxylic acids is 2. The van der Waals surface area contributed by atoms with Crippen molar-refractivity contribution in [2.24, 2.45) is 0 Å². The highest BCUT2D eigenvalue weighted by Crippen LogP contribution is 2.25. The van der Waals surface area contributed by atoms with Crippen molar-refractivity contribution in [1.82, 2.24) is 9.78 Å². The van der Waals surface area contributed by atoms with Gasteiger partial charge in [-0.15, -0.1) is 0 Å². The van der Waals surface area contributed by atoms with E-state index in [9.17, 15) is 9.59 Å². The molecule has 0 unspecified atom stereocenters. The number of ether oxygens (including phenoxy) is 1. The largest absolute Gasteiger partial charge is 0.452 e. The monoisotopic (exact) mass is 451 g/mol. The molecule has 1 heterocycles. The van der Waals surface area contributed by atoms with Gasteiger partial charge in [-0.05, 0) is 30.7 Å². The summed E-state index contributed by atoms with van der Waals surface area (Å²) in [5.74, 6) is -1.30. The van der Waals surface area contributed by atoms with Gasteiger partial charge >= 0.3 is 5.97 Å². The Bertz CT molecular complexity index is 1050. The lowest BCUT2D eigenvalue weighted by molar-refractivity contribution is -0.119. The first-order chi connectivity index (χ1) is 13.8. The lowest BCUT2D eigenvalue weighted by atomic mass is 10.2. The Kier molecular flexibility index (Phi) is 6.79. The van der Waals surface area contributed by atoms with Crippen molar-refractivity contribution in [3.63, 3.8) is 0 Å². The number of amides is 1. The van der Waals surface area contributed by atoms with Gasteiger partial charge in [-0.25, -0.2) is 9.48 Å². The lowest BCUT2D eigenvalue weighted by Crippen LogP contribution is -2.21. The van der Waals surface area contributed by atoms with Crippen LogP contribution in [0.3, 0.4) is 0 Å². The van der Waals surface area contributed by atoms with E-state index in [1.807, 2.05) is 30.3 Å². The molecular weight excluding hydrogens is 437 g/mol. The lowest BCUT2D eigenvalue weighted by Gasteiger charge is -2.08. The summed E-state index contributed by atoms with van der Waals surface area (Å²) in [6.07, 6.45) is 0. The molecule has 1 N–H and O–H groups in total. The maximum absolute atomic E-state index is 12.4. The van der Waals surface area contributed by atoms with Crippen LogP contribution < -0.4 is 5.32 Å². The number of hydrogen-bond acceptors (Lipinski definition) is 4. The number of benzene rings is 2. The fourth-order valence-electron chi connectivity index (χ4n) is 2.63. The van der Waals surface area contributed by atoms with Crippen molar-refractivity contribution >= 4 is 52.4 Å². The SMILES string of the molecule is Cc1nn(Cc2ccccc2)c(Cl)c1C(=O)OCC(=O)Nc1cc(Cl)ccc1Cl. The fraction of sp³-hybridized carbons (Fsp3) is 0.150. The third-order valence-corrected chi connectivity index (χ3v) is 4.93. The molecule has 3 aromatic rings. The van der Waals surface area contributed by atoms with Crippen LogP contribution in [-0.4, -0.2) is 28.3 Å². The molecule has 0 atom stereocenters. The number of nitrogens with zero attached hydrogens (tertiary/aromatic N) is 2. The highest BCUT2D eigenvalue weighted by molar-refractivity contribution is 6.35. The van der Waals surface area contributed by atoms with Gasteiger partial charge in [0.2, 0.25) is 0 Å². The summed E-state index contributed by atoms with van der Waals surface area (Å²) in [5, 5.41) is 7.71. The number of esters is 1. The van der Waals surface area contributed by atoms with Crippen molar-refractivity contribution in [3.8, 4) is 0 Å². The van der Waals surface area contributed by atoms with Crippen molar-refractivity contribution in [1.29, 1.82) is 0 Å². The second-order valence-corrected chi connectivity index (χ2v) is 7.34. The Morgan fingerprint density at radius 3 is 2.55 bits per heavy atom. The van der Waals surface area contributed by atoms with Crippen LogP contribution in [0, 0.1) is 6.92 Å². The summed E-state index contributed by atoms with van der Waals surface area (Å²) in [4.78, 5) is 24.5. The molecule has 0 aliphatic heterocycles. The van der Waals surface area contributed by atoms with Gasteiger partial charge in [-0.3, -0.25) is 4.79 Å². The van der Waals surface area contributed by atoms with E-state index >= 15 is 0 Å². The second kappa shape index (κ2) is 9.31. The predicted octanol–water partition coefficient (Wildman–Crippen LogP) is 5.00. The summed E-state index contributed by atoms with van der Waals surface area (Å²) >= 11 is 18.2. The van der Waals surface area contributed by atoms with Crippen LogP contribution in [-0.2, 0) is 16.1 Å². The van der Waals surface area contributed by atoms with Crippen molar-refractivity contribution in [2.45, 2.75) is 13.5 Å². The minimum atomic E-state index is -0.737. The molecule has 29 heavy (non-hydrogen) atoms. The zero-order valence-corrected chi connectivity index (χ0v) is 17.6. The van der Waals surface area contributed by atoms with E-state index in [4.69, 9.17) is 39.5 Å². The minimum absolute atomic E-state index is 0.121. The highest BCUT2D eigenvalue weighted by atomic mass is 35.5. The average Bonchev–Trinajstić information content (AvgIpc) is 2.97. The number of rotatable bonds is 6. The third kappa shape index (κ3) is 5.29. The second-order valence-electron chi connectivity index (χ2n) is 6.14. The molecule has 0 fully saturated rings. The van der Waals surface area contributed by atoms with E-state index in [2.05, 4.69) is 10.4 Å². The van der Waals surface area contributed by atoms with E-state index in [1.54, 1.807) is 19.1 Å². The Morgan fingerprint density at radius 2 is 1.83 bits per heavy atom. The predicted molar refractivity (Wildman–Crippen MR) is 113 cm³/mol. The van der Waals surface area contributed by atoms with Crippen molar-refractivity contribution in [3.05, 3.63) is 80.6 Å². The van der Waals surface area contributed by atoms with E-state index in [-0.39, 0.29) is 10.7 Å². The van der Waals surface area contributed by atoms with Gasteiger partial charge in [0.1, 0.15) is 10.7 Å². The van der Waals surface area contributed by atoms with Gasteiger partial charge in [0, 0.05) is 5.02 Å². The number of carbonyl (C=O) groups is 2. The molecule has 0 radical (unpaired) electrons. The molecule has 1 amide bonds. The van der Waals surface area contributed by atoms with E-state index in [0.717, 1.165) is 5.56 Å². The molecule has 0 aliphatic rings. The molecular formula is C20H16Cl3N3O3. The van der Waals surface area contributed by atoms with Crippen LogP contribution >= 0.6 is 34.8 Å². The zero-order chi connectivity index (χ0) is 21.0. The number of aryl methyl sites for hydroxylation is 1. The first-order valence-corrected chi connectivity index (χ1v) is 9.67. The molecule has 9 heteroatoms. The van der Waals surface area contributed by atoms with Gasteiger partial charge < -0.3 is 10.1 Å². The van der Waals surface area contributed by atoms with Gasteiger partial charge in [0.05, 0.1) is 22.9 Å². The summed E-state index contributed by atoms with van der Waals surface area (Å²) in [6.45, 7) is 1.54. The average molecular weight is 453 g/mol. The highest BCUT2D eigenvalue weighted by Gasteiger charge is 2.22. The quantitative estimate of drug-likeness (QED) is 0.534. The molecule has 2 aromatic carbocycles. The van der Waals surface area contributed by atoms with Crippen LogP contribution in [0.5, 0.6) is 0 Å². The first-order valence-electron chi connectivity index (χ1n) is 8.54. The third-order valence-electron chi connectivity index (χ3n) is 3.98. The molecule has 0 spiro atoms. The number of anilines is 1. The van der Waals surface area contributed by atoms with Crippen LogP contribution in [0.4, 0.5) is 5.69 Å². The molecule has 0 saturated heterocycles. The van der Waals surface area contributed by atoms with Gasteiger partial charge in [-0.2, -0.15) is 5.10 Å². The fourth-order valence-corrected chi connectivity index (χ4v) is 3.28. The zero-order valence-electron chi connectivity index (χ0n) is 15.3. The van der Waals surface area contributed by atoms with E-state index < -0.39 is 18.5 Å². The van der Waals surface area contributed by atoms with Gasteiger partial charge in [0.25, 0.3) is 5.91 Å². The molecule has 0 saturated carbocycles. The number of hydrogen-bond donors (Lipinski definition) is 1. The van der Waals surface area contributed by atoms with Gasteiger partial charge in [-0.1, -0.05) is 65.1 Å². The Hall–Kier alpha value is -2.54. The van der Waals surface area contributed by atoms with Crippen LogP contribution in [0.1, 0.15) is 21.6 Å². The minimum Gasteiger partial charge on any atom is -0.452 e. The maximum atomic E-state index is 12.4. The van der Waals surface area contributed by atoms with Crippen LogP contribution in [0.25, 0.3) is 0 Å². The molecule has 150 valence electrons. The van der Waals surface area contributed by atoms with E-state index in [1.165, 1.54) is 10.7 Å². The smallest absolute Gasteiger partial charge is 0.343 e. The van der Waals surface area contributed by atoms with Gasteiger partial charge in [0.15, 0.2) is 6.61 Å². The van der Waals surface area contributed by atoms with Crippen LogP contribution in [0.15, 0.2) is 48.5 Å². The van der Waals surface area contributed by atoms with Crippen molar-refractivity contribution < 1.29 is 14.3 Å². The number of halogens is 3. The summed E-state index contributed by atoms with van der Waals surface area (Å²) in [5.41, 5.74) is 1.84. The summed E-state index contributed by atoms with van der Waals surface area (Å²) in [6, 6.07) is 14.2. The summed E-state index contributed by atoms with van der Waals surface area (Å²) in [7, 11) is 0.